The van der Waals surface area contributed by atoms with Crippen LogP contribution in [0, 0.1) is 6.92 Å². The molecule has 2 heterocycles. The van der Waals surface area contributed by atoms with Crippen LogP contribution in [0.4, 0.5) is 0 Å². The Labute approximate surface area is 162 Å². The van der Waals surface area contributed by atoms with E-state index in [2.05, 4.69) is 86.7 Å². The molecule has 2 aliphatic heterocycles. The molecule has 0 bridgehead atoms. The molecular formula is C24H29N2O. The van der Waals surface area contributed by atoms with Crippen LogP contribution >= 0.6 is 0 Å². The maximum absolute atomic E-state index is 6.17. The number of benzene rings is 2. The molecular weight excluding hydrogens is 332 g/mol. The summed E-state index contributed by atoms with van der Waals surface area (Å²) in [6, 6.07) is 17.7. The molecule has 27 heavy (non-hydrogen) atoms. The number of oxime groups is 1. The van der Waals surface area contributed by atoms with Crippen LogP contribution < -0.4 is 5.32 Å². The summed E-state index contributed by atoms with van der Waals surface area (Å²) in [5.74, 6) is 0.157. The van der Waals surface area contributed by atoms with Crippen molar-refractivity contribution in [3.05, 3.63) is 70.8 Å². The van der Waals surface area contributed by atoms with Crippen LogP contribution in [-0.4, -0.2) is 24.4 Å². The third-order valence-electron chi connectivity index (χ3n) is 5.97. The van der Waals surface area contributed by atoms with Crippen molar-refractivity contribution in [1.82, 2.24) is 5.32 Å². The summed E-state index contributed by atoms with van der Waals surface area (Å²) in [7, 11) is 0. The Morgan fingerprint density at radius 3 is 2.15 bits per heavy atom. The predicted octanol–water partition coefficient (Wildman–Crippen LogP) is 4.95. The van der Waals surface area contributed by atoms with Gasteiger partial charge >= 0.3 is 0 Å². The lowest BCUT2D eigenvalue weighted by Crippen LogP contribution is -2.44. The molecule has 1 radical (unpaired) electrons. The van der Waals surface area contributed by atoms with Crippen molar-refractivity contribution < 1.29 is 4.84 Å². The van der Waals surface area contributed by atoms with Gasteiger partial charge in [-0.1, -0.05) is 80.0 Å². The van der Waals surface area contributed by atoms with Crippen LogP contribution in [0.5, 0.6) is 0 Å². The highest BCUT2D eigenvalue weighted by Gasteiger charge is 2.50. The van der Waals surface area contributed by atoms with E-state index in [-0.39, 0.29) is 16.9 Å². The third-order valence-corrected chi connectivity index (χ3v) is 5.97. The van der Waals surface area contributed by atoms with Crippen LogP contribution in [0.15, 0.2) is 53.7 Å². The summed E-state index contributed by atoms with van der Waals surface area (Å²) in [5.41, 5.74) is 6.01. The highest BCUT2D eigenvalue weighted by Crippen LogP contribution is 2.45. The average Bonchev–Trinajstić information content (AvgIpc) is 3.01. The highest BCUT2D eigenvalue weighted by molar-refractivity contribution is 6.06. The first-order valence-corrected chi connectivity index (χ1v) is 9.96. The number of aryl methyl sites for hydroxylation is 1. The summed E-state index contributed by atoms with van der Waals surface area (Å²) in [6.45, 7) is 10.6. The van der Waals surface area contributed by atoms with Gasteiger partial charge in [-0.05, 0) is 23.5 Å². The van der Waals surface area contributed by atoms with Crippen LogP contribution in [0.3, 0.4) is 0 Å². The Bertz CT molecular complexity index is 822. The number of hydrogen-bond acceptors (Lipinski definition) is 2. The fraction of sp³-hybridized carbons (Fsp3) is 0.458. The summed E-state index contributed by atoms with van der Waals surface area (Å²) >= 11 is 0. The lowest BCUT2D eigenvalue weighted by molar-refractivity contribution is -0.0507. The molecule has 2 aromatic carbocycles. The van der Waals surface area contributed by atoms with Gasteiger partial charge in [-0.15, -0.1) is 0 Å². The lowest BCUT2D eigenvalue weighted by Gasteiger charge is -2.36. The largest absolute Gasteiger partial charge is 0.388 e. The minimum absolute atomic E-state index is 0.153. The maximum atomic E-state index is 6.17. The van der Waals surface area contributed by atoms with E-state index < -0.39 is 0 Å². The highest BCUT2D eigenvalue weighted by atomic mass is 16.7. The zero-order valence-corrected chi connectivity index (χ0v) is 16.8. The van der Waals surface area contributed by atoms with Crippen LogP contribution in [0.25, 0.3) is 0 Å². The first-order chi connectivity index (χ1) is 12.9. The summed E-state index contributed by atoms with van der Waals surface area (Å²) < 4.78 is 0. The molecule has 2 aromatic rings. The van der Waals surface area contributed by atoms with Crippen LogP contribution in [-0.2, 0) is 10.3 Å². The maximum Gasteiger partial charge on any atom is 0.152 e. The second kappa shape index (κ2) is 6.79. The SMILES string of the molecule is Cc1ccc(C2=NOC3(CC[N]CC3)C2c2ccc(C(C)(C)C)cc2)cc1. The first kappa shape index (κ1) is 18.2. The summed E-state index contributed by atoms with van der Waals surface area (Å²) in [6.07, 6.45) is 1.86. The van der Waals surface area contributed by atoms with Gasteiger partial charge in [-0.2, -0.15) is 0 Å². The van der Waals surface area contributed by atoms with Crippen molar-refractivity contribution in [2.45, 2.75) is 57.5 Å². The van der Waals surface area contributed by atoms with Gasteiger partial charge in [0.25, 0.3) is 0 Å². The van der Waals surface area contributed by atoms with E-state index in [4.69, 9.17) is 4.84 Å². The quantitative estimate of drug-likeness (QED) is 0.745. The Balaban J connectivity index is 1.75. The lowest BCUT2D eigenvalue weighted by atomic mass is 9.72. The summed E-state index contributed by atoms with van der Waals surface area (Å²) in [4.78, 5) is 6.17. The standard InChI is InChI=1S/C24H29N2O/c1-17-5-7-19(8-6-17)22-21(24(27-26-22)13-15-25-16-14-24)18-9-11-20(12-10-18)23(2,3)4/h5-12,21H,13-16H2,1-4H3. The Kier molecular flexibility index (Phi) is 4.59. The first-order valence-electron chi connectivity index (χ1n) is 9.96. The fourth-order valence-electron chi connectivity index (χ4n) is 4.23. The van der Waals surface area contributed by atoms with Gasteiger partial charge in [0.1, 0.15) is 0 Å². The molecule has 0 aromatic heterocycles. The van der Waals surface area contributed by atoms with Gasteiger partial charge in [-0.25, -0.2) is 5.32 Å². The number of piperidine rings is 1. The van der Waals surface area contributed by atoms with Crippen molar-refractivity contribution in [3.63, 3.8) is 0 Å². The molecule has 1 atom stereocenters. The molecule has 2 aliphatic rings. The van der Waals surface area contributed by atoms with Crippen molar-refractivity contribution in [3.8, 4) is 0 Å². The van der Waals surface area contributed by atoms with Gasteiger partial charge in [0, 0.05) is 31.5 Å². The molecule has 1 saturated heterocycles. The summed E-state index contributed by atoms with van der Waals surface area (Å²) in [5, 5.41) is 9.17. The zero-order valence-electron chi connectivity index (χ0n) is 16.8. The Morgan fingerprint density at radius 1 is 0.926 bits per heavy atom. The number of hydrogen-bond donors (Lipinski definition) is 0. The zero-order chi connectivity index (χ0) is 19.1. The van der Waals surface area contributed by atoms with E-state index >= 15 is 0 Å². The van der Waals surface area contributed by atoms with Gasteiger partial charge < -0.3 is 4.84 Å². The molecule has 1 unspecified atom stereocenters. The van der Waals surface area contributed by atoms with Crippen LogP contribution in [0.1, 0.15) is 61.8 Å². The van der Waals surface area contributed by atoms with Crippen LogP contribution in [0.2, 0.25) is 0 Å². The molecule has 0 aliphatic carbocycles. The number of rotatable bonds is 2. The average molecular weight is 362 g/mol. The molecule has 0 saturated carbocycles. The van der Waals surface area contributed by atoms with E-state index in [0.29, 0.717) is 0 Å². The predicted molar refractivity (Wildman–Crippen MR) is 111 cm³/mol. The molecule has 141 valence electrons. The Hall–Kier alpha value is -2.13. The van der Waals surface area contributed by atoms with E-state index in [1.807, 2.05) is 0 Å². The van der Waals surface area contributed by atoms with Gasteiger partial charge in [0.05, 0.1) is 11.6 Å². The molecule has 3 nitrogen and oxygen atoms in total. The smallest absolute Gasteiger partial charge is 0.152 e. The molecule has 0 N–H and O–H groups in total. The Morgan fingerprint density at radius 2 is 1.56 bits per heavy atom. The van der Waals surface area contributed by atoms with E-state index in [1.54, 1.807) is 0 Å². The van der Waals surface area contributed by atoms with E-state index in [0.717, 1.165) is 37.2 Å². The van der Waals surface area contributed by atoms with E-state index in [9.17, 15) is 0 Å². The molecule has 3 heteroatoms. The molecule has 1 fully saturated rings. The van der Waals surface area contributed by atoms with Gasteiger partial charge in [-0.3, -0.25) is 0 Å². The molecule has 4 rings (SSSR count). The third kappa shape index (κ3) is 3.41. The van der Waals surface area contributed by atoms with Crippen molar-refractivity contribution >= 4 is 5.71 Å². The number of nitrogens with zero attached hydrogens (tertiary/aromatic N) is 2. The monoisotopic (exact) mass is 361 g/mol. The topological polar surface area (TPSA) is 35.7 Å². The van der Waals surface area contributed by atoms with Crippen molar-refractivity contribution in [2.75, 3.05) is 13.1 Å². The van der Waals surface area contributed by atoms with Crippen molar-refractivity contribution in [1.29, 1.82) is 0 Å². The van der Waals surface area contributed by atoms with Gasteiger partial charge in [0.2, 0.25) is 0 Å². The fourth-order valence-corrected chi connectivity index (χ4v) is 4.23. The normalized spacial score (nSPS) is 21.8. The van der Waals surface area contributed by atoms with Gasteiger partial charge in [0.15, 0.2) is 5.60 Å². The van der Waals surface area contributed by atoms with Crippen molar-refractivity contribution in [2.24, 2.45) is 5.16 Å². The second-order valence-corrected chi connectivity index (χ2v) is 8.97. The molecule has 0 amide bonds. The molecule has 1 spiro atoms. The van der Waals surface area contributed by atoms with E-state index in [1.165, 1.54) is 16.7 Å². The minimum Gasteiger partial charge on any atom is -0.388 e. The second-order valence-electron chi connectivity index (χ2n) is 8.97. The minimum atomic E-state index is -0.259.